The Labute approximate surface area is 116 Å². The number of carboxylic acids is 1. The molecule has 1 aromatic carbocycles. The van der Waals surface area contributed by atoms with E-state index in [0.717, 1.165) is 0 Å². The van der Waals surface area contributed by atoms with Gasteiger partial charge in [-0.05, 0) is 5.56 Å². The smallest absolute Gasteiger partial charge is 0.325 e. The zero-order chi connectivity index (χ0) is 15.0. The second-order valence-electron chi connectivity index (χ2n) is 4.01. The number of nitrogens with one attached hydrogen (secondary N) is 3. The fourth-order valence-electron chi connectivity index (χ4n) is 1.57. The quantitative estimate of drug-likeness (QED) is 0.597. The van der Waals surface area contributed by atoms with Crippen molar-refractivity contribution in [1.82, 2.24) is 16.0 Å². The topological polar surface area (TPSA) is 108 Å². The zero-order valence-corrected chi connectivity index (χ0v) is 11.1. The first kappa shape index (κ1) is 15.6. The lowest BCUT2D eigenvalue weighted by molar-refractivity contribution is -0.139. The van der Waals surface area contributed by atoms with Gasteiger partial charge in [-0.2, -0.15) is 0 Å². The van der Waals surface area contributed by atoms with Crippen LogP contribution < -0.4 is 16.0 Å². The number of amides is 3. The third-order valence-corrected chi connectivity index (χ3v) is 2.56. The van der Waals surface area contributed by atoms with E-state index in [9.17, 15) is 14.4 Å². The fraction of sp³-hybridized carbons (Fsp3) is 0.308. The Hall–Kier alpha value is -2.41. The molecular formula is C13H17N3O4. The lowest BCUT2D eigenvalue weighted by Gasteiger charge is -2.14. The van der Waals surface area contributed by atoms with Gasteiger partial charge in [-0.25, -0.2) is 4.79 Å². The van der Waals surface area contributed by atoms with E-state index in [2.05, 4.69) is 16.0 Å². The van der Waals surface area contributed by atoms with E-state index >= 15 is 0 Å². The molecule has 0 aromatic heterocycles. The lowest BCUT2D eigenvalue weighted by Crippen LogP contribution is -2.39. The number of hydrogen-bond acceptors (Lipinski definition) is 4. The molecule has 1 aromatic rings. The number of aliphatic carboxylic acids is 1. The van der Waals surface area contributed by atoms with Crippen molar-refractivity contribution in [3.63, 3.8) is 0 Å². The summed E-state index contributed by atoms with van der Waals surface area (Å²) in [5.74, 6) is -1.50. The molecule has 0 aliphatic heterocycles. The summed E-state index contributed by atoms with van der Waals surface area (Å²) >= 11 is 0. The van der Waals surface area contributed by atoms with Crippen molar-refractivity contribution >= 4 is 17.9 Å². The average molecular weight is 279 g/mol. The van der Waals surface area contributed by atoms with Gasteiger partial charge in [0, 0.05) is 20.0 Å². The maximum atomic E-state index is 11.3. The van der Waals surface area contributed by atoms with Crippen LogP contribution in [0.1, 0.15) is 18.0 Å². The summed E-state index contributed by atoms with van der Waals surface area (Å²) in [5, 5.41) is 16.3. The Balaban J connectivity index is 2.47. The number of hydrogen-bond donors (Lipinski definition) is 4. The van der Waals surface area contributed by atoms with Crippen LogP contribution in [-0.2, 0) is 9.59 Å². The molecule has 7 heteroatoms. The standard InChI is InChI=1S/C13H17N3O4/c1-14-13(20)16-10(17)7-8-15-11(12(18)19)9-5-3-2-4-6-9/h2-6,11,15H,7-8H2,1H3,(H,18,19)(H2,14,16,17,20). The number of carboxylic acid groups (broad SMARTS) is 1. The largest absolute Gasteiger partial charge is 0.480 e. The van der Waals surface area contributed by atoms with Gasteiger partial charge in [0.1, 0.15) is 6.04 Å². The third kappa shape index (κ3) is 5.07. The molecule has 20 heavy (non-hydrogen) atoms. The predicted octanol–water partition coefficient (Wildman–Crippen LogP) is 0.248. The SMILES string of the molecule is CNC(=O)NC(=O)CCNC(C(=O)O)c1ccccc1. The van der Waals surface area contributed by atoms with Gasteiger partial charge in [-0.3, -0.25) is 14.9 Å². The minimum absolute atomic E-state index is 0.00400. The summed E-state index contributed by atoms with van der Waals surface area (Å²) < 4.78 is 0. The molecule has 3 amide bonds. The van der Waals surface area contributed by atoms with Crippen molar-refractivity contribution in [2.45, 2.75) is 12.5 Å². The van der Waals surface area contributed by atoms with Crippen molar-refractivity contribution in [1.29, 1.82) is 0 Å². The first-order valence-corrected chi connectivity index (χ1v) is 6.07. The van der Waals surface area contributed by atoms with Crippen LogP contribution in [0.3, 0.4) is 0 Å². The van der Waals surface area contributed by atoms with E-state index in [1.165, 1.54) is 7.05 Å². The number of imide groups is 1. The molecule has 0 saturated carbocycles. The minimum atomic E-state index is -1.03. The molecule has 4 N–H and O–H groups in total. The van der Waals surface area contributed by atoms with Crippen LogP contribution in [-0.4, -0.2) is 36.6 Å². The molecule has 1 unspecified atom stereocenters. The van der Waals surface area contributed by atoms with Crippen molar-refractivity contribution < 1.29 is 19.5 Å². The Morgan fingerprint density at radius 1 is 1.20 bits per heavy atom. The van der Waals surface area contributed by atoms with Gasteiger partial charge in [-0.15, -0.1) is 0 Å². The lowest BCUT2D eigenvalue weighted by atomic mass is 10.1. The Morgan fingerprint density at radius 2 is 1.85 bits per heavy atom. The highest BCUT2D eigenvalue weighted by Gasteiger charge is 2.18. The molecule has 1 atom stereocenters. The molecular weight excluding hydrogens is 262 g/mol. The highest BCUT2D eigenvalue weighted by molar-refractivity contribution is 5.94. The monoisotopic (exact) mass is 279 g/mol. The van der Waals surface area contributed by atoms with Crippen LogP contribution in [0.25, 0.3) is 0 Å². The van der Waals surface area contributed by atoms with Gasteiger partial charge in [0.2, 0.25) is 5.91 Å². The van der Waals surface area contributed by atoms with Crippen LogP contribution in [0, 0.1) is 0 Å². The summed E-state index contributed by atoms with van der Waals surface area (Å²) in [6.45, 7) is 0.148. The Bertz CT molecular complexity index is 476. The van der Waals surface area contributed by atoms with Gasteiger partial charge in [-0.1, -0.05) is 30.3 Å². The normalized spacial score (nSPS) is 11.4. The molecule has 0 bridgehead atoms. The molecule has 0 spiro atoms. The summed E-state index contributed by atoms with van der Waals surface area (Å²) in [4.78, 5) is 33.4. The van der Waals surface area contributed by atoms with E-state index in [0.29, 0.717) is 5.56 Å². The zero-order valence-electron chi connectivity index (χ0n) is 11.1. The molecule has 0 saturated heterocycles. The van der Waals surface area contributed by atoms with Gasteiger partial charge < -0.3 is 15.7 Å². The van der Waals surface area contributed by atoms with Crippen molar-refractivity contribution in [3.8, 4) is 0 Å². The van der Waals surface area contributed by atoms with Gasteiger partial charge in [0.05, 0.1) is 0 Å². The second kappa shape index (κ2) is 7.90. The average Bonchev–Trinajstić information content (AvgIpc) is 2.44. The van der Waals surface area contributed by atoms with Gasteiger partial charge in [0.15, 0.2) is 0 Å². The maximum absolute atomic E-state index is 11.3. The Morgan fingerprint density at radius 3 is 2.40 bits per heavy atom. The van der Waals surface area contributed by atoms with Gasteiger partial charge >= 0.3 is 12.0 Å². The highest BCUT2D eigenvalue weighted by atomic mass is 16.4. The molecule has 108 valence electrons. The molecule has 0 heterocycles. The third-order valence-electron chi connectivity index (χ3n) is 2.56. The number of carbonyl (C=O) groups is 3. The number of urea groups is 1. The second-order valence-corrected chi connectivity index (χ2v) is 4.01. The van der Waals surface area contributed by atoms with Crippen molar-refractivity contribution in [2.75, 3.05) is 13.6 Å². The summed E-state index contributed by atoms with van der Waals surface area (Å²) in [6, 6.07) is 7.18. The fourth-order valence-corrected chi connectivity index (χ4v) is 1.57. The van der Waals surface area contributed by atoms with Crippen LogP contribution >= 0.6 is 0 Å². The number of benzene rings is 1. The van der Waals surface area contributed by atoms with Crippen molar-refractivity contribution in [2.24, 2.45) is 0 Å². The van der Waals surface area contributed by atoms with E-state index in [1.54, 1.807) is 30.3 Å². The highest BCUT2D eigenvalue weighted by Crippen LogP contribution is 2.12. The summed E-state index contributed by atoms with van der Waals surface area (Å²) in [6.07, 6.45) is 0.00400. The molecule has 0 aliphatic carbocycles. The van der Waals surface area contributed by atoms with Crippen LogP contribution in [0.15, 0.2) is 30.3 Å². The predicted molar refractivity (Wildman–Crippen MR) is 72.0 cm³/mol. The molecule has 1 rings (SSSR count). The van der Waals surface area contributed by atoms with Crippen LogP contribution in [0.2, 0.25) is 0 Å². The molecule has 7 nitrogen and oxygen atoms in total. The van der Waals surface area contributed by atoms with Crippen LogP contribution in [0.4, 0.5) is 4.79 Å². The number of rotatable bonds is 6. The number of carbonyl (C=O) groups excluding carboxylic acids is 2. The molecule has 0 aliphatic rings. The van der Waals surface area contributed by atoms with Crippen molar-refractivity contribution in [3.05, 3.63) is 35.9 Å². The van der Waals surface area contributed by atoms with Crippen LogP contribution in [0.5, 0.6) is 0 Å². The minimum Gasteiger partial charge on any atom is -0.480 e. The van der Waals surface area contributed by atoms with E-state index < -0.39 is 23.9 Å². The van der Waals surface area contributed by atoms with E-state index in [4.69, 9.17) is 5.11 Å². The first-order valence-electron chi connectivity index (χ1n) is 6.07. The first-order chi connectivity index (χ1) is 9.54. The maximum Gasteiger partial charge on any atom is 0.325 e. The van der Waals surface area contributed by atoms with E-state index in [-0.39, 0.29) is 13.0 Å². The Kier molecular flexibility index (Phi) is 6.18. The van der Waals surface area contributed by atoms with E-state index in [1.807, 2.05) is 0 Å². The molecule has 0 fully saturated rings. The summed E-state index contributed by atoms with van der Waals surface area (Å²) in [5.41, 5.74) is 0.603. The molecule has 0 radical (unpaired) electrons. The van der Waals surface area contributed by atoms with Gasteiger partial charge in [0.25, 0.3) is 0 Å². The summed E-state index contributed by atoms with van der Waals surface area (Å²) in [7, 11) is 1.40.